The number of guanidine groups is 1. The zero-order valence-corrected chi connectivity index (χ0v) is 25.6. The summed E-state index contributed by atoms with van der Waals surface area (Å²) in [5.74, 6) is -1.39. The van der Waals surface area contributed by atoms with Crippen LogP contribution in [0.2, 0.25) is 0 Å². The smallest absolute Gasteiger partial charge is 0.441 e. The van der Waals surface area contributed by atoms with Crippen LogP contribution in [0.4, 0.5) is 20.1 Å². The number of carbonyl (C=O) groups excluding carboxylic acids is 4. The molecule has 2 aromatic rings. The summed E-state index contributed by atoms with van der Waals surface area (Å²) in [6.07, 6.45) is -3.41. The molecule has 4 amide bonds. The van der Waals surface area contributed by atoms with E-state index in [1.807, 2.05) is 0 Å². The van der Waals surface area contributed by atoms with Gasteiger partial charge in [-0.15, -0.1) is 10.1 Å². The molecule has 0 bridgehead atoms. The highest BCUT2D eigenvalue weighted by molar-refractivity contribution is 7.92. The van der Waals surface area contributed by atoms with Crippen LogP contribution in [0, 0.1) is 13.8 Å². The number of carbonyl (C=O) groups is 4. The number of aryl methyl sites for hydroxylation is 2. The maximum absolute atomic E-state index is 13.1. The lowest BCUT2D eigenvalue weighted by atomic mass is 10.2. The van der Waals surface area contributed by atoms with Crippen LogP contribution in [-0.4, -0.2) is 81.7 Å². The van der Waals surface area contributed by atoms with E-state index in [4.69, 9.17) is 14.3 Å². The first-order chi connectivity index (χ1) is 20.8. The average Bonchev–Trinajstić information content (AvgIpc) is 2.96. The van der Waals surface area contributed by atoms with Gasteiger partial charge in [0.25, 0.3) is 15.6 Å². The fourth-order valence-electron chi connectivity index (χ4n) is 3.36. The van der Waals surface area contributed by atoms with Crippen LogP contribution in [0.25, 0.3) is 0 Å². The van der Waals surface area contributed by atoms with Gasteiger partial charge in [0, 0.05) is 12.2 Å². The highest BCUT2D eigenvalue weighted by atomic mass is 32.2. The van der Waals surface area contributed by atoms with Crippen LogP contribution in [-0.2, 0) is 40.4 Å². The minimum Gasteiger partial charge on any atom is -0.451 e. The molecule has 0 radical (unpaired) electrons. The van der Waals surface area contributed by atoms with Crippen molar-refractivity contribution in [3.63, 3.8) is 0 Å². The Labute approximate surface area is 253 Å². The Morgan fingerprint density at radius 1 is 1.02 bits per heavy atom. The van der Waals surface area contributed by atoms with Crippen LogP contribution in [0.1, 0.15) is 25.1 Å². The van der Waals surface area contributed by atoms with Crippen molar-refractivity contribution >= 4 is 45.9 Å². The fraction of sp³-hybridized carbons (Fsp3) is 0.385. The third-order valence-electron chi connectivity index (χ3n) is 5.37. The fourth-order valence-corrected chi connectivity index (χ4v) is 4.52. The predicted octanol–water partition coefficient (Wildman–Crippen LogP) is 1.64. The summed E-state index contributed by atoms with van der Waals surface area (Å²) in [4.78, 5) is 70.5. The van der Waals surface area contributed by atoms with Crippen molar-refractivity contribution in [1.82, 2.24) is 20.3 Å². The SMILES string of the molecule is CCOC(=O)N/C(=N/C(=O)OC)N(OCCNC(=O)Cn1c(C)ccc(NS(=O)(=O)c2cccc(C)c2)c1=O)C(=O)OCC. The molecular weight excluding hydrogens is 604 g/mol. The lowest BCUT2D eigenvalue weighted by molar-refractivity contribution is -0.123. The number of amides is 4. The Kier molecular flexibility index (Phi) is 13.3. The van der Waals surface area contributed by atoms with Crippen LogP contribution in [0.5, 0.6) is 0 Å². The first-order valence-corrected chi connectivity index (χ1v) is 14.6. The molecule has 44 heavy (non-hydrogen) atoms. The number of sulfonamides is 1. The van der Waals surface area contributed by atoms with Gasteiger partial charge in [0.1, 0.15) is 12.2 Å². The maximum atomic E-state index is 13.1. The highest BCUT2D eigenvalue weighted by Crippen LogP contribution is 2.15. The van der Waals surface area contributed by atoms with Crippen molar-refractivity contribution in [2.75, 3.05) is 38.2 Å². The molecule has 0 saturated heterocycles. The molecule has 1 heterocycles. The summed E-state index contributed by atoms with van der Waals surface area (Å²) in [6, 6.07) is 8.91. The summed E-state index contributed by atoms with van der Waals surface area (Å²) in [7, 11) is -3.06. The number of alkyl carbamates (subject to hydrolysis) is 1. The number of nitrogens with zero attached hydrogens (tertiary/aromatic N) is 3. The average molecular weight is 639 g/mol. The zero-order chi connectivity index (χ0) is 32.9. The molecule has 0 aliphatic carbocycles. The molecule has 0 aliphatic heterocycles. The largest absolute Gasteiger partial charge is 0.451 e. The lowest BCUT2D eigenvalue weighted by Crippen LogP contribution is -2.49. The van der Waals surface area contributed by atoms with Gasteiger partial charge in [0.05, 0.1) is 31.8 Å². The Balaban J connectivity index is 2.12. The van der Waals surface area contributed by atoms with Gasteiger partial charge >= 0.3 is 18.3 Å². The number of pyridine rings is 1. The van der Waals surface area contributed by atoms with Gasteiger partial charge in [-0.1, -0.05) is 12.1 Å². The Morgan fingerprint density at radius 3 is 2.36 bits per heavy atom. The summed E-state index contributed by atoms with van der Waals surface area (Å²) in [6.45, 7) is 5.06. The summed E-state index contributed by atoms with van der Waals surface area (Å²) in [5.41, 5.74) is 0.0733. The van der Waals surface area contributed by atoms with E-state index in [0.717, 1.165) is 11.7 Å². The second kappa shape index (κ2) is 16.6. The van der Waals surface area contributed by atoms with Crippen molar-refractivity contribution in [3.8, 4) is 0 Å². The van der Waals surface area contributed by atoms with E-state index in [2.05, 4.69) is 25.1 Å². The van der Waals surface area contributed by atoms with Gasteiger partial charge in [0.15, 0.2) is 0 Å². The van der Waals surface area contributed by atoms with Crippen molar-refractivity contribution < 1.29 is 46.6 Å². The molecule has 0 atom stereocenters. The number of hydrogen-bond donors (Lipinski definition) is 3. The number of ether oxygens (including phenoxy) is 3. The molecule has 0 fully saturated rings. The third-order valence-corrected chi connectivity index (χ3v) is 6.73. The van der Waals surface area contributed by atoms with E-state index in [1.54, 1.807) is 26.0 Å². The second-order valence-electron chi connectivity index (χ2n) is 8.63. The molecule has 2 rings (SSSR count). The Bertz CT molecular complexity index is 1560. The van der Waals surface area contributed by atoms with E-state index in [1.165, 1.54) is 38.1 Å². The third kappa shape index (κ3) is 10.4. The molecular formula is C26H34N6O11S. The number of methoxy groups -OCH3 is 1. The molecule has 1 aromatic carbocycles. The van der Waals surface area contributed by atoms with Crippen molar-refractivity contribution in [2.45, 2.75) is 39.1 Å². The number of hydroxylamine groups is 2. The van der Waals surface area contributed by atoms with E-state index in [-0.39, 0.29) is 30.3 Å². The topological polar surface area (TPSA) is 213 Å². The predicted molar refractivity (Wildman–Crippen MR) is 155 cm³/mol. The standard InChI is InChI=1S/C26H34N6O11S/c1-6-41-25(36)29-23(28-24(35)40-5)32(26(37)42-7-2)43-14-13-27-21(33)16-31-18(4)11-12-20(22(31)34)30-44(38,39)19-10-8-9-17(3)15-19/h8-12,15,30H,6-7,13-14,16H2,1-5H3,(H,27,33)(H,28,29,35,36). The quantitative estimate of drug-likeness (QED) is 0.106. The number of benzene rings is 1. The van der Waals surface area contributed by atoms with Crippen molar-refractivity contribution in [3.05, 3.63) is 58.0 Å². The number of aliphatic imine (C=N–C) groups is 1. The first kappa shape index (κ1) is 35.2. The molecule has 1 aromatic heterocycles. The van der Waals surface area contributed by atoms with E-state index in [0.29, 0.717) is 16.3 Å². The van der Waals surface area contributed by atoms with E-state index >= 15 is 0 Å². The van der Waals surface area contributed by atoms with Crippen LogP contribution in [0.3, 0.4) is 0 Å². The number of nitrogens with one attached hydrogen (secondary N) is 3. The minimum absolute atomic E-state index is 0.0316. The van der Waals surface area contributed by atoms with E-state index < -0.39 is 58.9 Å². The van der Waals surface area contributed by atoms with Gasteiger partial charge in [-0.2, -0.15) is 0 Å². The van der Waals surface area contributed by atoms with Crippen LogP contribution in [0.15, 0.2) is 51.1 Å². The molecule has 0 spiro atoms. The monoisotopic (exact) mass is 638 g/mol. The molecule has 3 N–H and O–H groups in total. The van der Waals surface area contributed by atoms with E-state index in [9.17, 15) is 32.4 Å². The first-order valence-electron chi connectivity index (χ1n) is 13.1. The molecule has 17 nitrogen and oxygen atoms in total. The zero-order valence-electron chi connectivity index (χ0n) is 24.7. The number of rotatable bonds is 11. The lowest BCUT2D eigenvalue weighted by Gasteiger charge is -2.22. The maximum Gasteiger partial charge on any atom is 0.441 e. The molecule has 240 valence electrons. The highest BCUT2D eigenvalue weighted by Gasteiger charge is 2.26. The van der Waals surface area contributed by atoms with Gasteiger partial charge in [-0.25, -0.2) is 22.8 Å². The molecule has 18 heteroatoms. The van der Waals surface area contributed by atoms with Crippen LogP contribution < -0.4 is 20.9 Å². The summed E-state index contributed by atoms with van der Waals surface area (Å²) >= 11 is 0. The van der Waals surface area contributed by atoms with Gasteiger partial charge in [-0.3, -0.25) is 24.5 Å². The Morgan fingerprint density at radius 2 is 1.73 bits per heavy atom. The number of aromatic nitrogens is 1. The van der Waals surface area contributed by atoms with Gasteiger partial charge in [0.2, 0.25) is 11.9 Å². The minimum atomic E-state index is -4.08. The Hall–Kier alpha value is -4.97. The van der Waals surface area contributed by atoms with Gasteiger partial charge < -0.3 is 24.1 Å². The molecule has 0 saturated carbocycles. The molecule has 0 unspecified atom stereocenters. The summed E-state index contributed by atoms with van der Waals surface area (Å²) in [5, 5.41) is 4.91. The number of hydrogen-bond acceptors (Lipinski definition) is 11. The van der Waals surface area contributed by atoms with Gasteiger partial charge in [-0.05, 0) is 57.5 Å². The normalized spacial score (nSPS) is 11.2. The van der Waals surface area contributed by atoms with Crippen molar-refractivity contribution in [2.24, 2.45) is 4.99 Å². The van der Waals surface area contributed by atoms with Crippen molar-refractivity contribution in [1.29, 1.82) is 0 Å². The van der Waals surface area contributed by atoms with Crippen LogP contribution >= 0.6 is 0 Å². The molecule has 0 aliphatic rings. The second-order valence-corrected chi connectivity index (χ2v) is 10.3. The summed E-state index contributed by atoms with van der Waals surface area (Å²) < 4.78 is 43.0. The number of anilines is 1.